The van der Waals surface area contributed by atoms with E-state index in [2.05, 4.69) is 5.32 Å². The molecular formula is C23H17ClN2O4. The number of hydrogen-bond donors (Lipinski definition) is 2. The van der Waals surface area contributed by atoms with Crippen molar-refractivity contribution in [2.24, 2.45) is 0 Å². The molecule has 1 aromatic heterocycles. The Balaban J connectivity index is 1.84. The lowest BCUT2D eigenvalue weighted by atomic mass is 10.1. The number of nitriles is 1. The quantitative estimate of drug-likeness (QED) is 0.421. The average Bonchev–Trinajstić information content (AvgIpc) is 3.18. The molecule has 1 heterocycles. The van der Waals surface area contributed by atoms with Crippen LogP contribution >= 0.6 is 11.6 Å². The number of carboxylic acid groups (broad SMARTS) is 1. The third-order valence-corrected chi connectivity index (χ3v) is 4.93. The van der Waals surface area contributed by atoms with Gasteiger partial charge >= 0.3 is 5.97 Å². The molecule has 0 unspecified atom stereocenters. The van der Waals surface area contributed by atoms with Gasteiger partial charge in [0.15, 0.2) is 0 Å². The zero-order valence-corrected chi connectivity index (χ0v) is 16.9. The SMILES string of the molecule is Cc1cccc(NC(=O)/C(C#N)=C/c2ccc(-c3ccc(C(=O)O)c(Cl)c3)o2)c1C. The van der Waals surface area contributed by atoms with E-state index in [0.717, 1.165) is 11.1 Å². The predicted octanol–water partition coefficient (Wildman–Crippen LogP) is 5.46. The van der Waals surface area contributed by atoms with Crippen molar-refractivity contribution in [1.82, 2.24) is 0 Å². The lowest BCUT2D eigenvalue weighted by Gasteiger charge is -2.09. The van der Waals surface area contributed by atoms with Crippen molar-refractivity contribution in [2.75, 3.05) is 5.32 Å². The Kier molecular flexibility index (Phi) is 6.05. The fourth-order valence-electron chi connectivity index (χ4n) is 2.79. The van der Waals surface area contributed by atoms with Crippen molar-refractivity contribution in [3.8, 4) is 17.4 Å². The second-order valence-corrected chi connectivity index (χ2v) is 6.98. The number of furan rings is 1. The van der Waals surface area contributed by atoms with Crippen molar-refractivity contribution in [2.45, 2.75) is 13.8 Å². The molecule has 0 bridgehead atoms. The number of anilines is 1. The number of rotatable bonds is 5. The van der Waals surface area contributed by atoms with Crippen molar-refractivity contribution < 1.29 is 19.1 Å². The minimum Gasteiger partial charge on any atom is -0.478 e. The topological polar surface area (TPSA) is 103 Å². The maximum absolute atomic E-state index is 12.5. The van der Waals surface area contributed by atoms with Gasteiger partial charge in [0.25, 0.3) is 5.91 Å². The fraction of sp³-hybridized carbons (Fsp3) is 0.0870. The Morgan fingerprint density at radius 2 is 1.93 bits per heavy atom. The number of carbonyl (C=O) groups is 2. The van der Waals surface area contributed by atoms with Gasteiger partial charge in [0.1, 0.15) is 23.2 Å². The molecule has 0 aliphatic heterocycles. The molecule has 150 valence electrons. The fourth-order valence-corrected chi connectivity index (χ4v) is 3.06. The van der Waals surface area contributed by atoms with Crippen LogP contribution in [0.5, 0.6) is 0 Å². The molecule has 0 saturated heterocycles. The van der Waals surface area contributed by atoms with E-state index in [9.17, 15) is 14.9 Å². The maximum atomic E-state index is 12.5. The van der Waals surface area contributed by atoms with Crippen molar-refractivity contribution in [1.29, 1.82) is 5.26 Å². The van der Waals surface area contributed by atoms with Crippen molar-refractivity contribution in [3.05, 3.63) is 81.6 Å². The van der Waals surface area contributed by atoms with Crippen LogP contribution in [0.25, 0.3) is 17.4 Å². The summed E-state index contributed by atoms with van der Waals surface area (Å²) in [5.41, 5.74) is 3.03. The summed E-state index contributed by atoms with van der Waals surface area (Å²) in [6.07, 6.45) is 1.34. The first-order chi connectivity index (χ1) is 14.3. The molecule has 3 aromatic rings. The van der Waals surface area contributed by atoms with E-state index >= 15 is 0 Å². The minimum absolute atomic E-state index is 0.0121. The van der Waals surface area contributed by atoms with Crippen LogP contribution < -0.4 is 5.32 Å². The van der Waals surface area contributed by atoms with Crippen LogP contribution in [0, 0.1) is 25.2 Å². The van der Waals surface area contributed by atoms with E-state index in [4.69, 9.17) is 21.1 Å². The second kappa shape index (κ2) is 8.68. The van der Waals surface area contributed by atoms with Crippen molar-refractivity contribution in [3.63, 3.8) is 0 Å². The summed E-state index contributed by atoms with van der Waals surface area (Å²) in [5, 5.41) is 21.3. The first-order valence-electron chi connectivity index (χ1n) is 8.92. The predicted molar refractivity (Wildman–Crippen MR) is 114 cm³/mol. The largest absolute Gasteiger partial charge is 0.478 e. The number of nitrogens with one attached hydrogen (secondary N) is 1. The summed E-state index contributed by atoms with van der Waals surface area (Å²) >= 11 is 6.00. The molecule has 0 aliphatic rings. The van der Waals surface area contributed by atoms with E-state index in [1.165, 1.54) is 18.2 Å². The van der Waals surface area contributed by atoms with Crippen LogP contribution in [-0.4, -0.2) is 17.0 Å². The minimum atomic E-state index is -1.12. The maximum Gasteiger partial charge on any atom is 0.337 e. The van der Waals surface area contributed by atoms with Gasteiger partial charge in [-0.05, 0) is 55.3 Å². The van der Waals surface area contributed by atoms with Crippen LogP contribution in [0.4, 0.5) is 5.69 Å². The van der Waals surface area contributed by atoms with Gasteiger partial charge in [-0.2, -0.15) is 5.26 Å². The molecular weight excluding hydrogens is 404 g/mol. The Morgan fingerprint density at radius 3 is 2.60 bits per heavy atom. The summed E-state index contributed by atoms with van der Waals surface area (Å²) in [7, 11) is 0. The van der Waals surface area contributed by atoms with Gasteiger partial charge in [0.05, 0.1) is 10.6 Å². The van der Waals surface area contributed by atoms with Crippen molar-refractivity contribution >= 4 is 35.2 Å². The highest BCUT2D eigenvalue weighted by atomic mass is 35.5. The average molecular weight is 421 g/mol. The van der Waals surface area contributed by atoms with Gasteiger partial charge in [-0.25, -0.2) is 4.79 Å². The lowest BCUT2D eigenvalue weighted by Crippen LogP contribution is -2.14. The van der Waals surface area contributed by atoms with Gasteiger partial charge < -0.3 is 14.8 Å². The van der Waals surface area contributed by atoms with E-state index in [0.29, 0.717) is 22.8 Å². The summed E-state index contributed by atoms with van der Waals surface area (Å²) in [6.45, 7) is 3.83. The van der Waals surface area contributed by atoms with Gasteiger partial charge in [-0.1, -0.05) is 29.8 Å². The molecule has 1 amide bonds. The highest BCUT2D eigenvalue weighted by Gasteiger charge is 2.14. The van der Waals surface area contributed by atoms with Crippen LogP contribution in [0.15, 0.2) is 58.5 Å². The van der Waals surface area contributed by atoms with Crippen LogP contribution in [0.3, 0.4) is 0 Å². The molecule has 0 spiro atoms. The van der Waals surface area contributed by atoms with Gasteiger partial charge in [0, 0.05) is 17.3 Å². The molecule has 2 N–H and O–H groups in total. The lowest BCUT2D eigenvalue weighted by molar-refractivity contribution is -0.112. The number of aryl methyl sites for hydroxylation is 1. The Labute approximate surface area is 178 Å². The third kappa shape index (κ3) is 4.43. The van der Waals surface area contributed by atoms with Crippen LogP contribution in [0.1, 0.15) is 27.2 Å². The second-order valence-electron chi connectivity index (χ2n) is 6.57. The highest BCUT2D eigenvalue weighted by molar-refractivity contribution is 6.33. The highest BCUT2D eigenvalue weighted by Crippen LogP contribution is 2.28. The number of benzene rings is 2. The summed E-state index contributed by atoms with van der Waals surface area (Å²) in [5.74, 6) is -0.940. The molecule has 7 heteroatoms. The summed E-state index contributed by atoms with van der Waals surface area (Å²) in [6, 6.07) is 15.1. The van der Waals surface area contributed by atoms with E-state index in [1.807, 2.05) is 32.0 Å². The molecule has 0 fully saturated rings. The molecule has 0 saturated carbocycles. The summed E-state index contributed by atoms with van der Waals surface area (Å²) in [4.78, 5) is 23.6. The number of carboxylic acids is 1. The number of aromatic carboxylic acids is 1. The molecule has 2 aromatic carbocycles. The first kappa shape index (κ1) is 20.9. The standard InChI is InChI=1S/C23H17ClN2O4/c1-13-4-3-5-20(14(13)2)26-22(27)16(12-25)10-17-7-9-21(30-17)15-6-8-18(23(28)29)19(24)11-15/h3-11H,1-2H3,(H,26,27)(H,28,29)/b16-10+. The molecule has 0 atom stereocenters. The molecule has 6 nitrogen and oxygen atoms in total. The van der Waals surface area contributed by atoms with Gasteiger partial charge in [-0.3, -0.25) is 4.79 Å². The number of carbonyl (C=O) groups excluding carboxylic acids is 1. The molecule has 0 radical (unpaired) electrons. The number of hydrogen-bond acceptors (Lipinski definition) is 4. The molecule has 30 heavy (non-hydrogen) atoms. The Morgan fingerprint density at radius 1 is 1.17 bits per heavy atom. The number of nitrogens with zero attached hydrogens (tertiary/aromatic N) is 1. The normalized spacial score (nSPS) is 11.1. The first-order valence-corrected chi connectivity index (χ1v) is 9.30. The van der Waals surface area contributed by atoms with Crippen LogP contribution in [-0.2, 0) is 4.79 Å². The van der Waals surface area contributed by atoms with Crippen LogP contribution in [0.2, 0.25) is 5.02 Å². The Hall–Kier alpha value is -3.82. The van der Waals surface area contributed by atoms with Gasteiger partial charge in [0.2, 0.25) is 0 Å². The van der Waals surface area contributed by atoms with E-state index in [1.54, 1.807) is 24.3 Å². The summed E-state index contributed by atoms with van der Waals surface area (Å²) < 4.78 is 5.69. The monoisotopic (exact) mass is 420 g/mol. The van der Waals surface area contributed by atoms with E-state index in [-0.39, 0.29) is 16.2 Å². The number of halogens is 1. The molecule has 0 aliphatic carbocycles. The smallest absolute Gasteiger partial charge is 0.337 e. The Bertz CT molecular complexity index is 1220. The zero-order valence-electron chi connectivity index (χ0n) is 16.2. The molecule has 3 rings (SSSR count). The zero-order chi connectivity index (χ0) is 21.8. The number of amides is 1. The van der Waals surface area contributed by atoms with E-state index < -0.39 is 11.9 Å². The third-order valence-electron chi connectivity index (χ3n) is 4.62. The van der Waals surface area contributed by atoms with Gasteiger partial charge in [-0.15, -0.1) is 0 Å².